The van der Waals surface area contributed by atoms with Crippen LogP contribution in [0.3, 0.4) is 0 Å². The maximum Gasteiger partial charge on any atom is 0.220 e. The number of carbonyl (C=O) groups excluding carboxylic acids is 1. The van der Waals surface area contributed by atoms with Gasteiger partial charge in [-0.05, 0) is 50.0 Å². The van der Waals surface area contributed by atoms with Gasteiger partial charge in [0.1, 0.15) is 5.82 Å². The summed E-state index contributed by atoms with van der Waals surface area (Å²) in [5.74, 6) is 0.616. The number of aryl methyl sites for hydroxylation is 1. The Hall–Kier alpha value is -2.70. The molecule has 1 aromatic heterocycles. The van der Waals surface area contributed by atoms with Crippen LogP contribution in [0.4, 0.5) is 4.39 Å². The van der Waals surface area contributed by atoms with Crippen LogP contribution in [0.2, 0.25) is 5.02 Å². The van der Waals surface area contributed by atoms with Crippen LogP contribution in [-0.4, -0.2) is 36.4 Å². The quantitative estimate of drug-likeness (QED) is 0.589. The molecule has 0 aliphatic rings. The Balaban J connectivity index is 1.53. The Morgan fingerprint density at radius 2 is 1.93 bits per heavy atom. The molecule has 0 aliphatic heterocycles. The third kappa shape index (κ3) is 5.65. The van der Waals surface area contributed by atoms with Gasteiger partial charge in [-0.25, -0.2) is 9.37 Å². The first-order chi connectivity index (χ1) is 13.9. The van der Waals surface area contributed by atoms with E-state index in [0.717, 1.165) is 11.1 Å². The second kappa shape index (κ2) is 9.67. The molecule has 0 saturated carbocycles. The number of amides is 1. The number of hydrogen-bond acceptors (Lipinski definition) is 4. The zero-order valence-corrected chi connectivity index (χ0v) is 17.1. The molecule has 1 unspecified atom stereocenters. The molecule has 29 heavy (non-hydrogen) atoms. The number of carbonyl (C=O) groups is 1. The maximum absolute atomic E-state index is 13.0. The standard InChI is InChI=1S/C22H23ClFN3O2/c1-27(2)19(17-5-3-4-6-18(17)23)13-25-21(28)11-12-22-26-14-20(29-22)15-7-9-16(24)10-8-15/h3-10,14,19H,11-13H2,1-2H3,(H,25,28). The van der Waals surface area contributed by atoms with Gasteiger partial charge >= 0.3 is 0 Å². The van der Waals surface area contributed by atoms with Gasteiger partial charge in [-0.2, -0.15) is 0 Å². The van der Waals surface area contributed by atoms with E-state index in [1.54, 1.807) is 18.3 Å². The fourth-order valence-corrected chi connectivity index (χ4v) is 3.27. The molecule has 0 aliphatic carbocycles. The molecule has 3 rings (SSSR count). The highest BCUT2D eigenvalue weighted by molar-refractivity contribution is 6.31. The fourth-order valence-electron chi connectivity index (χ4n) is 3.01. The van der Waals surface area contributed by atoms with Crippen LogP contribution in [-0.2, 0) is 11.2 Å². The summed E-state index contributed by atoms with van der Waals surface area (Å²) in [6.07, 6.45) is 2.22. The van der Waals surface area contributed by atoms with Crippen LogP contribution < -0.4 is 5.32 Å². The number of rotatable bonds is 8. The average Bonchev–Trinajstić information content (AvgIpc) is 3.17. The van der Waals surface area contributed by atoms with Crippen LogP contribution in [0.1, 0.15) is 23.9 Å². The number of nitrogens with zero attached hydrogens (tertiary/aromatic N) is 2. The van der Waals surface area contributed by atoms with E-state index in [-0.39, 0.29) is 24.2 Å². The number of nitrogens with one attached hydrogen (secondary N) is 1. The first kappa shape index (κ1) is 21.0. The lowest BCUT2D eigenvalue weighted by molar-refractivity contribution is -0.121. The van der Waals surface area contributed by atoms with Crippen LogP contribution in [0.5, 0.6) is 0 Å². The molecule has 1 heterocycles. The monoisotopic (exact) mass is 415 g/mol. The number of oxazole rings is 1. The Morgan fingerprint density at radius 1 is 1.21 bits per heavy atom. The van der Waals surface area contributed by atoms with E-state index < -0.39 is 0 Å². The summed E-state index contributed by atoms with van der Waals surface area (Å²) in [5, 5.41) is 3.63. The van der Waals surface area contributed by atoms with Crippen molar-refractivity contribution in [2.24, 2.45) is 0 Å². The first-order valence-corrected chi connectivity index (χ1v) is 9.70. The van der Waals surface area contributed by atoms with Crippen molar-refractivity contribution in [3.05, 3.63) is 77.0 Å². The largest absolute Gasteiger partial charge is 0.441 e. The van der Waals surface area contributed by atoms with Gasteiger partial charge in [-0.1, -0.05) is 29.8 Å². The lowest BCUT2D eigenvalue weighted by Crippen LogP contribution is -2.34. The second-order valence-corrected chi connectivity index (χ2v) is 7.34. The summed E-state index contributed by atoms with van der Waals surface area (Å²) < 4.78 is 18.7. The molecule has 0 spiro atoms. The zero-order valence-electron chi connectivity index (χ0n) is 16.4. The Bertz CT molecular complexity index is 957. The van der Waals surface area contributed by atoms with Crippen LogP contribution in [0.25, 0.3) is 11.3 Å². The Morgan fingerprint density at radius 3 is 2.62 bits per heavy atom. The molecule has 7 heteroatoms. The van der Waals surface area contributed by atoms with Crippen molar-refractivity contribution >= 4 is 17.5 Å². The Kier molecular flexibility index (Phi) is 7.01. The van der Waals surface area contributed by atoms with Crippen molar-refractivity contribution in [3.63, 3.8) is 0 Å². The van der Waals surface area contributed by atoms with Crippen molar-refractivity contribution in [2.75, 3.05) is 20.6 Å². The molecule has 1 N–H and O–H groups in total. The van der Waals surface area contributed by atoms with E-state index in [1.807, 2.05) is 43.3 Å². The van der Waals surface area contributed by atoms with E-state index in [1.165, 1.54) is 12.1 Å². The van der Waals surface area contributed by atoms with E-state index in [9.17, 15) is 9.18 Å². The van der Waals surface area contributed by atoms with E-state index in [0.29, 0.717) is 29.6 Å². The Labute approximate surface area is 174 Å². The second-order valence-electron chi connectivity index (χ2n) is 6.93. The molecule has 152 valence electrons. The van der Waals surface area contributed by atoms with Gasteiger partial charge in [0.25, 0.3) is 0 Å². The molecule has 0 saturated heterocycles. The molecular formula is C22H23ClFN3O2. The van der Waals surface area contributed by atoms with Crippen molar-refractivity contribution in [1.82, 2.24) is 15.2 Å². The fraction of sp³-hybridized carbons (Fsp3) is 0.273. The molecule has 0 radical (unpaired) electrons. The molecule has 3 aromatic rings. The SMILES string of the molecule is CN(C)C(CNC(=O)CCc1ncc(-c2ccc(F)cc2)o1)c1ccccc1Cl. The number of benzene rings is 2. The number of likely N-dealkylation sites (N-methyl/N-ethyl adjacent to an activating group) is 1. The predicted molar refractivity (Wildman–Crippen MR) is 111 cm³/mol. The van der Waals surface area contributed by atoms with Gasteiger partial charge in [0.15, 0.2) is 11.7 Å². The third-order valence-corrected chi connectivity index (χ3v) is 4.97. The van der Waals surface area contributed by atoms with Gasteiger partial charge < -0.3 is 14.6 Å². The van der Waals surface area contributed by atoms with Crippen LogP contribution in [0.15, 0.2) is 59.1 Å². The van der Waals surface area contributed by atoms with E-state index in [2.05, 4.69) is 10.3 Å². The topological polar surface area (TPSA) is 58.4 Å². The summed E-state index contributed by atoms with van der Waals surface area (Å²) >= 11 is 6.30. The third-order valence-electron chi connectivity index (χ3n) is 4.63. The summed E-state index contributed by atoms with van der Waals surface area (Å²) in [5.41, 5.74) is 1.71. The van der Waals surface area contributed by atoms with Crippen LogP contribution in [0, 0.1) is 5.82 Å². The highest BCUT2D eigenvalue weighted by atomic mass is 35.5. The van der Waals surface area contributed by atoms with Gasteiger partial charge in [-0.3, -0.25) is 4.79 Å². The minimum absolute atomic E-state index is 0.0283. The zero-order chi connectivity index (χ0) is 20.8. The smallest absolute Gasteiger partial charge is 0.220 e. The van der Waals surface area contributed by atoms with Gasteiger partial charge in [0.05, 0.1) is 12.2 Å². The molecule has 0 fully saturated rings. The van der Waals surface area contributed by atoms with Crippen molar-refractivity contribution in [2.45, 2.75) is 18.9 Å². The summed E-state index contributed by atoms with van der Waals surface area (Å²) in [6, 6.07) is 13.6. The van der Waals surface area contributed by atoms with Crippen LogP contribution >= 0.6 is 11.6 Å². The first-order valence-electron chi connectivity index (χ1n) is 9.32. The van der Waals surface area contributed by atoms with E-state index in [4.69, 9.17) is 16.0 Å². The number of aromatic nitrogens is 1. The highest BCUT2D eigenvalue weighted by Gasteiger charge is 2.18. The van der Waals surface area contributed by atoms with Gasteiger partial charge in [-0.15, -0.1) is 0 Å². The summed E-state index contributed by atoms with van der Waals surface area (Å²) in [4.78, 5) is 18.5. The number of hydrogen-bond donors (Lipinski definition) is 1. The normalized spacial score (nSPS) is 12.2. The lowest BCUT2D eigenvalue weighted by Gasteiger charge is -2.26. The van der Waals surface area contributed by atoms with Crippen molar-refractivity contribution < 1.29 is 13.6 Å². The molecule has 2 aromatic carbocycles. The average molecular weight is 416 g/mol. The van der Waals surface area contributed by atoms with Gasteiger partial charge in [0.2, 0.25) is 5.91 Å². The summed E-state index contributed by atoms with van der Waals surface area (Å²) in [6.45, 7) is 0.446. The van der Waals surface area contributed by atoms with E-state index >= 15 is 0 Å². The maximum atomic E-state index is 13.0. The van der Waals surface area contributed by atoms with Gasteiger partial charge in [0, 0.05) is 30.0 Å². The minimum atomic E-state index is -0.307. The minimum Gasteiger partial charge on any atom is -0.441 e. The molecule has 0 bridgehead atoms. The molecule has 5 nitrogen and oxygen atoms in total. The lowest BCUT2D eigenvalue weighted by atomic mass is 10.1. The predicted octanol–water partition coefficient (Wildman–Crippen LogP) is 4.49. The molecule has 1 atom stereocenters. The van der Waals surface area contributed by atoms with Crippen molar-refractivity contribution in [3.8, 4) is 11.3 Å². The number of halogens is 2. The highest BCUT2D eigenvalue weighted by Crippen LogP contribution is 2.25. The van der Waals surface area contributed by atoms with Crippen molar-refractivity contribution in [1.29, 1.82) is 0 Å². The molecule has 1 amide bonds. The molecular weight excluding hydrogens is 393 g/mol. The summed E-state index contributed by atoms with van der Waals surface area (Å²) in [7, 11) is 3.90.